The van der Waals surface area contributed by atoms with E-state index in [1.807, 2.05) is 0 Å². The zero-order valence-electron chi connectivity index (χ0n) is 8.06. The lowest BCUT2D eigenvalue weighted by Gasteiger charge is -2.11. The lowest BCUT2D eigenvalue weighted by molar-refractivity contribution is 0.0829. The van der Waals surface area contributed by atoms with Gasteiger partial charge in [-0.15, -0.1) is 0 Å². The number of nitrogens with one attached hydrogen (secondary N) is 1. The van der Waals surface area contributed by atoms with Gasteiger partial charge in [0, 0.05) is 24.3 Å². The number of rotatable bonds is 1. The van der Waals surface area contributed by atoms with Gasteiger partial charge >= 0.3 is 6.03 Å². The number of amides is 3. The summed E-state index contributed by atoms with van der Waals surface area (Å²) in [5.41, 5.74) is 6.57. The van der Waals surface area contributed by atoms with Crippen LogP contribution in [0.3, 0.4) is 0 Å². The van der Waals surface area contributed by atoms with E-state index in [1.54, 1.807) is 24.3 Å². The highest BCUT2D eigenvalue weighted by Gasteiger charge is 2.26. The van der Waals surface area contributed by atoms with E-state index in [1.165, 1.54) is 4.90 Å². The summed E-state index contributed by atoms with van der Waals surface area (Å²) in [6.07, 6.45) is 0. The van der Waals surface area contributed by atoms with Gasteiger partial charge < -0.3 is 11.1 Å². The molecule has 1 saturated heterocycles. The van der Waals surface area contributed by atoms with Gasteiger partial charge in [-0.25, -0.2) is 4.79 Å². The zero-order valence-corrected chi connectivity index (χ0v) is 8.06. The Morgan fingerprint density at radius 2 is 2.00 bits per heavy atom. The monoisotopic (exact) mass is 205 g/mol. The predicted octanol–water partition coefficient (Wildman–Crippen LogP) is 0.434. The lowest BCUT2D eigenvalue weighted by Crippen LogP contribution is -2.34. The smallest absolute Gasteiger partial charge is 0.324 e. The van der Waals surface area contributed by atoms with Gasteiger partial charge in [0.1, 0.15) is 0 Å². The average Bonchev–Trinajstić information content (AvgIpc) is 2.65. The molecule has 1 aromatic carbocycles. The second kappa shape index (κ2) is 3.61. The van der Waals surface area contributed by atoms with E-state index in [2.05, 4.69) is 5.32 Å². The van der Waals surface area contributed by atoms with Crippen LogP contribution in [0, 0.1) is 0 Å². The van der Waals surface area contributed by atoms with E-state index in [0.29, 0.717) is 24.3 Å². The fourth-order valence-corrected chi connectivity index (χ4v) is 1.45. The molecule has 1 aliphatic rings. The van der Waals surface area contributed by atoms with E-state index < -0.39 is 0 Å². The molecule has 1 aliphatic heterocycles. The maximum atomic E-state index is 11.8. The topological polar surface area (TPSA) is 75.4 Å². The van der Waals surface area contributed by atoms with Crippen LogP contribution in [0.2, 0.25) is 0 Å². The Morgan fingerprint density at radius 3 is 2.53 bits per heavy atom. The number of benzene rings is 1. The zero-order chi connectivity index (χ0) is 10.8. The van der Waals surface area contributed by atoms with Crippen molar-refractivity contribution in [1.29, 1.82) is 0 Å². The predicted molar refractivity (Wildman–Crippen MR) is 55.3 cm³/mol. The normalized spacial score (nSPS) is 15.2. The molecule has 5 nitrogen and oxygen atoms in total. The molecule has 3 amide bonds. The number of hydrogen-bond acceptors (Lipinski definition) is 3. The Bertz CT molecular complexity index is 400. The van der Waals surface area contributed by atoms with Crippen LogP contribution < -0.4 is 11.1 Å². The molecule has 78 valence electrons. The molecule has 1 aromatic rings. The summed E-state index contributed by atoms with van der Waals surface area (Å²) in [6.45, 7) is 0.932. The number of carbonyl (C=O) groups excluding carboxylic acids is 2. The quantitative estimate of drug-likeness (QED) is 0.653. The van der Waals surface area contributed by atoms with Crippen molar-refractivity contribution in [2.45, 2.75) is 0 Å². The fourth-order valence-electron chi connectivity index (χ4n) is 1.45. The minimum Gasteiger partial charge on any atom is -0.399 e. The third-order valence-electron chi connectivity index (χ3n) is 2.26. The number of hydrogen-bond donors (Lipinski definition) is 2. The van der Waals surface area contributed by atoms with Gasteiger partial charge in [0.25, 0.3) is 5.91 Å². The standard InChI is InChI=1S/C10H11N3O2/c11-8-3-1-7(2-4-8)9(14)13-6-5-12-10(13)15/h1-4H,5-6,11H2,(H,12,15). The Hall–Kier alpha value is -2.04. The number of nitrogens with zero attached hydrogens (tertiary/aromatic N) is 1. The highest BCUT2D eigenvalue weighted by atomic mass is 16.2. The van der Waals surface area contributed by atoms with Crippen LogP contribution in [0.25, 0.3) is 0 Å². The molecule has 0 radical (unpaired) electrons. The molecule has 0 aromatic heterocycles. The van der Waals surface area contributed by atoms with Crippen LogP contribution in [0.5, 0.6) is 0 Å². The number of urea groups is 1. The second-order valence-electron chi connectivity index (χ2n) is 3.31. The third kappa shape index (κ3) is 1.76. The third-order valence-corrected chi connectivity index (χ3v) is 2.26. The molecular weight excluding hydrogens is 194 g/mol. The van der Waals surface area contributed by atoms with Crippen LogP contribution in [-0.2, 0) is 0 Å². The van der Waals surface area contributed by atoms with Crippen molar-refractivity contribution in [2.75, 3.05) is 18.8 Å². The van der Waals surface area contributed by atoms with Crippen molar-refractivity contribution in [3.05, 3.63) is 29.8 Å². The van der Waals surface area contributed by atoms with Crippen LogP contribution in [0.1, 0.15) is 10.4 Å². The van der Waals surface area contributed by atoms with E-state index in [-0.39, 0.29) is 11.9 Å². The van der Waals surface area contributed by atoms with Gasteiger partial charge in [0.2, 0.25) is 0 Å². The van der Waals surface area contributed by atoms with E-state index >= 15 is 0 Å². The summed E-state index contributed by atoms with van der Waals surface area (Å²) >= 11 is 0. The minimum absolute atomic E-state index is 0.287. The average molecular weight is 205 g/mol. The van der Waals surface area contributed by atoms with Gasteiger partial charge in [-0.3, -0.25) is 9.69 Å². The molecule has 0 atom stereocenters. The molecule has 0 spiro atoms. The molecular formula is C10H11N3O2. The number of nitrogens with two attached hydrogens (primary N) is 1. The Morgan fingerprint density at radius 1 is 1.33 bits per heavy atom. The largest absolute Gasteiger partial charge is 0.399 e. The molecule has 0 saturated carbocycles. The number of nitrogen functional groups attached to an aromatic ring is 1. The first kappa shape index (κ1) is 9.51. The maximum Gasteiger partial charge on any atom is 0.324 e. The Balaban J connectivity index is 2.20. The first-order valence-corrected chi connectivity index (χ1v) is 4.64. The van der Waals surface area contributed by atoms with E-state index in [4.69, 9.17) is 5.73 Å². The van der Waals surface area contributed by atoms with Crippen molar-refractivity contribution in [2.24, 2.45) is 0 Å². The highest BCUT2D eigenvalue weighted by Crippen LogP contribution is 2.10. The summed E-state index contributed by atoms with van der Waals surface area (Å²) in [7, 11) is 0. The molecule has 0 bridgehead atoms. The Labute approximate surface area is 86.9 Å². The molecule has 1 fully saturated rings. The van der Waals surface area contributed by atoms with Gasteiger partial charge in [0.15, 0.2) is 0 Å². The van der Waals surface area contributed by atoms with Crippen molar-refractivity contribution >= 4 is 17.6 Å². The van der Waals surface area contributed by atoms with Gasteiger partial charge in [-0.1, -0.05) is 0 Å². The molecule has 5 heteroatoms. The summed E-state index contributed by atoms with van der Waals surface area (Å²) < 4.78 is 0. The minimum atomic E-state index is -0.336. The van der Waals surface area contributed by atoms with Crippen molar-refractivity contribution in [3.8, 4) is 0 Å². The molecule has 2 rings (SSSR count). The van der Waals surface area contributed by atoms with Gasteiger partial charge in [-0.2, -0.15) is 0 Å². The summed E-state index contributed by atoms with van der Waals surface area (Å²) in [5.74, 6) is -0.287. The van der Waals surface area contributed by atoms with E-state index in [9.17, 15) is 9.59 Å². The summed E-state index contributed by atoms with van der Waals surface area (Å²) in [4.78, 5) is 24.2. The molecule has 3 N–H and O–H groups in total. The second-order valence-corrected chi connectivity index (χ2v) is 3.31. The summed E-state index contributed by atoms with van der Waals surface area (Å²) in [5, 5.41) is 2.57. The molecule has 0 aliphatic carbocycles. The molecule has 15 heavy (non-hydrogen) atoms. The van der Waals surface area contributed by atoms with Crippen molar-refractivity contribution < 1.29 is 9.59 Å². The van der Waals surface area contributed by atoms with Crippen molar-refractivity contribution in [3.63, 3.8) is 0 Å². The lowest BCUT2D eigenvalue weighted by atomic mass is 10.2. The first-order valence-electron chi connectivity index (χ1n) is 4.64. The molecule has 0 unspecified atom stereocenters. The first-order chi connectivity index (χ1) is 7.18. The summed E-state index contributed by atoms with van der Waals surface area (Å²) in [6, 6.07) is 6.17. The highest BCUT2D eigenvalue weighted by molar-refractivity contribution is 6.05. The van der Waals surface area contributed by atoms with Crippen LogP contribution in [0.15, 0.2) is 24.3 Å². The fraction of sp³-hybridized carbons (Fsp3) is 0.200. The van der Waals surface area contributed by atoms with Crippen LogP contribution >= 0.6 is 0 Å². The van der Waals surface area contributed by atoms with Crippen LogP contribution in [0.4, 0.5) is 10.5 Å². The van der Waals surface area contributed by atoms with E-state index in [0.717, 1.165) is 0 Å². The number of carbonyl (C=O) groups is 2. The van der Waals surface area contributed by atoms with Gasteiger partial charge in [-0.05, 0) is 24.3 Å². The maximum absolute atomic E-state index is 11.8. The number of anilines is 1. The Kier molecular flexibility index (Phi) is 2.29. The molecule has 1 heterocycles. The SMILES string of the molecule is Nc1ccc(C(=O)N2CCNC2=O)cc1. The van der Waals surface area contributed by atoms with Crippen molar-refractivity contribution in [1.82, 2.24) is 10.2 Å². The number of imide groups is 1. The van der Waals surface area contributed by atoms with Gasteiger partial charge in [0.05, 0.1) is 0 Å². The van der Waals surface area contributed by atoms with Crippen LogP contribution in [-0.4, -0.2) is 29.9 Å².